The molecule has 0 aliphatic rings. The average Bonchev–Trinajstić information content (AvgIpc) is 1.65. The summed E-state index contributed by atoms with van der Waals surface area (Å²) in [5, 5.41) is 8.07. The van der Waals surface area contributed by atoms with Gasteiger partial charge in [0.15, 0.2) is 0 Å². The van der Waals surface area contributed by atoms with Crippen molar-refractivity contribution in [2.75, 3.05) is 6.61 Å². The van der Waals surface area contributed by atoms with E-state index in [4.69, 9.17) is 5.11 Å². The van der Waals surface area contributed by atoms with Crippen LogP contribution in [0.3, 0.4) is 0 Å². The van der Waals surface area contributed by atoms with Crippen molar-refractivity contribution < 1.29 is 14.6 Å². The zero-order valence-corrected chi connectivity index (χ0v) is 4.68. The minimum absolute atomic E-state index is 0.295. The van der Waals surface area contributed by atoms with E-state index in [1.807, 2.05) is 0 Å². The Morgan fingerprint density at radius 3 is 2.50 bits per heavy atom. The first-order chi connectivity index (χ1) is 3.66. The number of rotatable bonds is 2. The second-order valence-corrected chi connectivity index (χ2v) is 1.33. The Balaban J connectivity index is 3.40. The fraction of sp³-hybridized carbons (Fsp3) is 0.400. The number of esters is 1. The van der Waals surface area contributed by atoms with Crippen LogP contribution in [0.2, 0.25) is 0 Å². The Kier molecular flexibility index (Phi) is 2.88. The van der Waals surface area contributed by atoms with Gasteiger partial charge in [-0.25, -0.2) is 4.79 Å². The Morgan fingerprint density at radius 1 is 1.88 bits per heavy atom. The second-order valence-electron chi connectivity index (χ2n) is 1.33. The summed E-state index contributed by atoms with van der Waals surface area (Å²) >= 11 is 0. The summed E-state index contributed by atoms with van der Waals surface area (Å²) in [6.07, 6.45) is 0. The van der Waals surface area contributed by atoms with Crippen LogP contribution in [0.4, 0.5) is 0 Å². The zero-order chi connectivity index (χ0) is 6.57. The molecule has 46 valence electrons. The van der Waals surface area contributed by atoms with E-state index in [1.54, 1.807) is 0 Å². The number of allylic oxidation sites excluding steroid dienone is 1. The van der Waals surface area contributed by atoms with Crippen molar-refractivity contribution in [3.8, 4) is 0 Å². The van der Waals surface area contributed by atoms with E-state index < -0.39 is 12.6 Å². The molecule has 0 atom stereocenters. The van der Waals surface area contributed by atoms with Crippen molar-refractivity contribution in [2.24, 2.45) is 0 Å². The number of ether oxygens (including phenoxy) is 1. The number of carbonyl (C=O) groups is 1. The maximum Gasteiger partial charge on any atom is 0.336 e. The number of carbonyl (C=O) groups excluding carboxylic acids is 1. The number of aliphatic hydroxyl groups is 1. The standard InChI is InChI=1S/C5H8O3/c1-4(2)8-5(7)3-6/h6H,1,3H2,2H3. The average molecular weight is 116 g/mol. The van der Waals surface area contributed by atoms with Crippen LogP contribution in [0.1, 0.15) is 6.92 Å². The molecule has 0 aromatic heterocycles. The van der Waals surface area contributed by atoms with Gasteiger partial charge in [-0.3, -0.25) is 0 Å². The molecule has 0 heterocycles. The molecule has 0 fully saturated rings. The van der Waals surface area contributed by atoms with E-state index in [9.17, 15) is 4.79 Å². The normalized spacial score (nSPS) is 8.25. The lowest BCUT2D eigenvalue weighted by molar-refractivity contribution is -0.142. The summed E-state index contributed by atoms with van der Waals surface area (Å²) in [5.74, 6) is -0.374. The molecule has 0 aliphatic heterocycles. The van der Waals surface area contributed by atoms with E-state index in [0.29, 0.717) is 5.76 Å². The van der Waals surface area contributed by atoms with Gasteiger partial charge >= 0.3 is 5.97 Å². The third kappa shape index (κ3) is 3.36. The zero-order valence-electron chi connectivity index (χ0n) is 4.68. The molecule has 3 nitrogen and oxygen atoms in total. The molecular weight excluding hydrogens is 108 g/mol. The first kappa shape index (κ1) is 7.17. The lowest BCUT2D eigenvalue weighted by Crippen LogP contribution is -2.06. The third-order valence-electron chi connectivity index (χ3n) is 0.417. The lowest BCUT2D eigenvalue weighted by Gasteiger charge is -1.96. The maximum atomic E-state index is 10.1. The Labute approximate surface area is 47.6 Å². The van der Waals surface area contributed by atoms with Gasteiger partial charge in [0.05, 0.1) is 5.76 Å². The van der Waals surface area contributed by atoms with Crippen molar-refractivity contribution in [2.45, 2.75) is 6.92 Å². The van der Waals surface area contributed by atoms with Gasteiger partial charge in [0.1, 0.15) is 6.61 Å². The van der Waals surface area contributed by atoms with Gasteiger partial charge in [0, 0.05) is 0 Å². The first-order valence-corrected chi connectivity index (χ1v) is 2.14. The van der Waals surface area contributed by atoms with E-state index in [-0.39, 0.29) is 0 Å². The molecule has 1 N–H and O–H groups in total. The quantitative estimate of drug-likeness (QED) is 0.409. The van der Waals surface area contributed by atoms with Crippen molar-refractivity contribution >= 4 is 5.97 Å². The highest BCUT2D eigenvalue weighted by molar-refractivity contribution is 5.71. The van der Waals surface area contributed by atoms with Crippen LogP contribution < -0.4 is 0 Å². The molecule has 0 aromatic carbocycles. The van der Waals surface area contributed by atoms with Gasteiger partial charge < -0.3 is 9.84 Å². The van der Waals surface area contributed by atoms with Crippen LogP contribution in [0.5, 0.6) is 0 Å². The van der Waals surface area contributed by atoms with E-state index in [2.05, 4.69) is 11.3 Å². The third-order valence-corrected chi connectivity index (χ3v) is 0.417. The van der Waals surface area contributed by atoms with Crippen molar-refractivity contribution in [3.63, 3.8) is 0 Å². The van der Waals surface area contributed by atoms with Gasteiger partial charge in [0.2, 0.25) is 0 Å². The lowest BCUT2D eigenvalue weighted by atomic mass is 10.6. The van der Waals surface area contributed by atoms with Crippen LogP contribution in [0.25, 0.3) is 0 Å². The highest BCUT2D eigenvalue weighted by Gasteiger charge is 1.96. The largest absolute Gasteiger partial charge is 0.430 e. The molecular formula is C5H8O3. The molecule has 3 heteroatoms. The maximum absolute atomic E-state index is 10.1. The number of hydrogen-bond donors (Lipinski definition) is 1. The molecule has 0 unspecified atom stereocenters. The Bertz CT molecular complexity index is 106. The molecule has 0 bridgehead atoms. The smallest absolute Gasteiger partial charge is 0.336 e. The summed E-state index contributed by atoms with van der Waals surface area (Å²) in [6, 6.07) is 0. The minimum atomic E-state index is -0.669. The SMILES string of the molecule is C=C(C)OC(=O)CO. The van der Waals surface area contributed by atoms with Crippen LogP contribution in [0, 0.1) is 0 Å². The molecule has 0 saturated carbocycles. The van der Waals surface area contributed by atoms with Crippen LogP contribution in [-0.2, 0) is 9.53 Å². The summed E-state index contributed by atoms with van der Waals surface area (Å²) < 4.78 is 4.32. The van der Waals surface area contributed by atoms with Crippen LogP contribution >= 0.6 is 0 Å². The summed E-state index contributed by atoms with van der Waals surface area (Å²) in [4.78, 5) is 10.1. The van der Waals surface area contributed by atoms with Crippen LogP contribution in [-0.4, -0.2) is 17.7 Å². The van der Waals surface area contributed by atoms with Gasteiger partial charge in [-0.1, -0.05) is 6.58 Å². The monoisotopic (exact) mass is 116 g/mol. The van der Waals surface area contributed by atoms with Crippen LogP contribution in [0.15, 0.2) is 12.3 Å². The Hall–Kier alpha value is -0.830. The van der Waals surface area contributed by atoms with Gasteiger partial charge in [-0.05, 0) is 6.92 Å². The van der Waals surface area contributed by atoms with Gasteiger partial charge in [-0.15, -0.1) is 0 Å². The van der Waals surface area contributed by atoms with Gasteiger partial charge in [-0.2, -0.15) is 0 Å². The molecule has 0 saturated heterocycles. The molecule has 0 spiro atoms. The van der Waals surface area contributed by atoms with Gasteiger partial charge in [0.25, 0.3) is 0 Å². The Morgan fingerprint density at radius 2 is 2.38 bits per heavy atom. The molecule has 0 aliphatic carbocycles. The summed E-state index contributed by atoms with van der Waals surface area (Å²) in [5.41, 5.74) is 0. The molecule has 8 heavy (non-hydrogen) atoms. The predicted molar refractivity (Wildman–Crippen MR) is 28.0 cm³/mol. The topological polar surface area (TPSA) is 46.5 Å². The van der Waals surface area contributed by atoms with Crippen molar-refractivity contribution in [3.05, 3.63) is 12.3 Å². The summed E-state index contributed by atoms with van der Waals surface area (Å²) in [7, 11) is 0. The predicted octanol–water partition coefficient (Wildman–Crippen LogP) is 0.0555. The highest BCUT2D eigenvalue weighted by Crippen LogP contribution is 1.88. The van der Waals surface area contributed by atoms with Crippen molar-refractivity contribution in [1.29, 1.82) is 0 Å². The van der Waals surface area contributed by atoms with E-state index in [1.165, 1.54) is 6.92 Å². The van der Waals surface area contributed by atoms with Crippen molar-refractivity contribution in [1.82, 2.24) is 0 Å². The molecule has 0 rings (SSSR count). The minimum Gasteiger partial charge on any atom is -0.430 e. The number of hydrogen-bond acceptors (Lipinski definition) is 3. The number of aliphatic hydroxyl groups excluding tert-OH is 1. The van der Waals surface area contributed by atoms with E-state index >= 15 is 0 Å². The second kappa shape index (κ2) is 3.21. The molecule has 0 amide bonds. The fourth-order valence-corrected chi connectivity index (χ4v) is 0.227. The molecule has 0 radical (unpaired) electrons. The first-order valence-electron chi connectivity index (χ1n) is 2.14. The van der Waals surface area contributed by atoms with E-state index in [0.717, 1.165) is 0 Å². The summed E-state index contributed by atoms with van der Waals surface area (Å²) in [6.45, 7) is 4.23. The molecule has 0 aromatic rings. The highest BCUT2D eigenvalue weighted by atomic mass is 16.5. The fourth-order valence-electron chi connectivity index (χ4n) is 0.227.